The summed E-state index contributed by atoms with van der Waals surface area (Å²) < 4.78 is 0. The molecule has 1 amide bonds. The molecule has 2 fully saturated rings. The number of carbonyl (C=O) groups is 1. The highest BCUT2D eigenvalue weighted by Gasteiger charge is 2.27. The van der Waals surface area contributed by atoms with E-state index in [0.29, 0.717) is 30.0 Å². The number of nitrogens with one attached hydrogen (secondary N) is 1. The zero-order chi connectivity index (χ0) is 32.4. The fraction of sp³-hybridized carbons (Fsp3) is 0.571. The van der Waals surface area contributed by atoms with Crippen molar-refractivity contribution in [2.45, 2.75) is 129 Å². The molecule has 5 heteroatoms. The van der Waals surface area contributed by atoms with Crippen LogP contribution in [0, 0.1) is 17.8 Å². The molecule has 1 aromatic carbocycles. The number of amides is 1. The molecular formula is C42H56N4O. The number of nitrogens with zero attached hydrogens (tertiary/aromatic N) is 3. The highest BCUT2D eigenvalue weighted by molar-refractivity contribution is 6.49. The van der Waals surface area contributed by atoms with Gasteiger partial charge in [-0.05, 0) is 77.5 Å². The van der Waals surface area contributed by atoms with E-state index in [1.807, 2.05) is 24.7 Å². The van der Waals surface area contributed by atoms with Crippen LogP contribution < -0.4 is 5.32 Å². The first-order valence-electron chi connectivity index (χ1n) is 18.9. The average Bonchev–Trinajstić information content (AvgIpc) is 3.13. The van der Waals surface area contributed by atoms with E-state index in [9.17, 15) is 4.79 Å². The Balaban J connectivity index is 1.18. The minimum atomic E-state index is -0.160. The standard InChI is InChI=1S/C42H56N4O/c1-30-26-45-41(42(47)46-38-20-19-37(44-29-38)24-33-16-12-6-3-4-7-13-17-33)40-25-35(18-21-39(40)31(30)2)36-23-34(27-43-28-36)22-32-14-10-8-5-9-11-15-32/h18-21,23,25,27-33H,3-17,22,24,26H2,1-2H3,(H,46,47). The monoisotopic (exact) mass is 632 g/mol. The van der Waals surface area contributed by atoms with Crippen LogP contribution in [0.25, 0.3) is 11.1 Å². The summed E-state index contributed by atoms with van der Waals surface area (Å²) in [7, 11) is 0. The predicted molar refractivity (Wildman–Crippen MR) is 195 cm³/mol. The lowest BCUT2D eigenvalue weighted by atomic mass is 9.84. The maximum absolute atomic E-state index is 13.9. The van der Waals surface area contributed by atoms with Crippen molar-refractivity contribution in [3.05, 3.63) is 77.4 Å². The van der Waals surface area contributed by atoms with Gasteiger partial charge in [0.05, 0.1) is 11.9 Å². The Morgan fingerprint density at radius 3 is 2.04 bits per heavy atom. The van der Waals surface area contributed by atoms with Crippen molar-refractivity contribution >= 4 is 17.3 Å². The summed E-state index contributed by atoms with van der Waals surface area (Å²) in [6, 6.07) is 13.0. The third-order valence-corrected chi connectivity index (χ3v) is 11.3. The molecule has 2 aliphatic carbocycles. The zero-order valence-electron chi connectivity index (χ0n) is 29.0. The normalized spacial score (nSPS) is 22.0. The van der Waals surface area contributed by atoms with Gasteiger partial charge in [-0.25, -0.2) is 0 Å². The van der Waals surface area contributed by atoms with E-state index in [1.54, 1.807) is 0 Å². The molecule has 2 saturated carbocycles. The number of hydrogen-bond donors (Lipinski definition) is 1. The third kappa shape index (κ3) is 9.18. The van der Waals surface area contributed by atoms with Crippen LogP contribution >= 0.6 is 0 Å². The van der Waals surface area contributed by atoms with E-state index in [0.717, 1.165) is 46.8 Å². The minimum Gasteiger partial charge on any atom is -0.319 e. The van der Waals surface area contributed by atoms with E-state index in [-0.39, 0.29) is 5.91 Å². The van der Waals surface area contributed by atoms with Crippen molar-refractivity contribution in [2.75, 3.05) is 11.9 Å². The van der Waals surface area contributed by atoms with Gasteiger partial charge < -0.3 is 5.32 Å². The third-order valence-electron chi connectivity index (χ3n) is 11.3. The van der Waals surface area contributed by atoms with Gasteiger partial charge in [0.2, 0.25) is 0 Å². The first-order valence-corrected chi connectivity index (χ1v) is 18.9. The Morgan fingerprint density at radius 2 is 1.38 bits per heavy atom. The Labute approximate surface area is 283 Å². The van der Waals surface area contributed by atoms with Crippen LogP contribution in [0.15, 0.2) is 60.0 Å². The first-order chi connectivity index (χ1) is 23.0. The molecule has 47 heavy (non-hydrogen) atoms. The summed E-state index contributed by atoms with van der Waals surface area (Å²) in [5.74, 6) is 1.95. The van der Waals surface area contributed by atoms with Crippen molar-refractivity contribution in [1.29, 1.82) is 0 Å². The molecule has 0 spiro atoms. The van der Waals surface area contributed by atoms with Gasteiger partial charge in [0.15, 0.2) is 0 Å². The number of anilines is 1. The molecule has 0 saturated heterocycles. The van der Waals surface area contributed by atoms with Gasteiger partial charge in [-0.15, -0.1) is 0 Å². The second-order valence-electron chi connectivity index (χ2n) is 15.0. The number of carbonyl (C=O) groups excluding carboxylic acids is 1. The molecule has 3 aromatic rings. The summed E-state index contributed by atoms with van der Waals surface area (Å²) in [5, 5.41) is 3.15. The van der Waals surface area contributed by atoms with E-state index in [4.69, 9.17) is 9.98 Å². The van der Waals surface area contributed by atoms with Gasteiger partial charge in [0.1, 0.15) is 5.71 Å². The number of hydrogen-bond acceptors (Lipinski definition) is 4. The molecule has 3 heterocycles. The highest BCUT2D eigenvalue weighted by atomic mass is 16.1. The summed E-state index contributed by atoms with van der Waals surface area (Å²) in [4.78, 5) is 28.3. The number of benzene rings is 1. The van der Waals surface area contributed by atoms with E-state index in [2.05, 4.69) is 54.5 Å². The van der Waals surface area contributed by atoms with E-state index < -0.39 is 0 Å². The molecule has 0 radical (unpaired) electrons. The van der Waals surface area contributed by atoms with Crippen LogP contribution in [0.1, 0.15) is 138 Å². The first kappa shape index (κ1) is 33.6. The molecule has 2 unspecified atom stereocenters. The van der Waals surface area contributed by atoms with Gasteiger partial charge in [0.25, 0.3) is 5.91 Å². The van der Waals surface area contributed by atoms with Gasteiger partial charge >= 0.3 is 0 Å². The topological polar surface area (TPSA) is 67.2 Å². The average molecular weight is 633 g/mol. The quantitative estimate of drug-likeness (QED) is 0.282. The maximum atomic E-state index is 13.9. The molecular weight excluding hydrogens is 576 g/mol. The summed E-state index contributed by atoms with van der Waals surface area (Å²) in [6.45, 7) is 5.12. The number of fused-ring (bicyclic) bond motifs is 1. The zero-order valence-corrected chi connectivity index (χ0v) is 29.0. The number of pyridine rings is 2. The van der Waals surface area contributed by atoms with Gasteiger partial charge in [-0.3, -0.25) is 19.8 Å². The summed E-state index contributed by atoms with van der Waals surface area (Å²) >= 11 is 0. The Morgan fingerprint density at radius 1 is 0.723 bits per heavy atom. The van der Waals surface area contributed by atoms with Crippen LogP contribution in [0.2, 0.25) is 0 Å². The van der Waals surface area contributed by atoms with Crippen LogP contribution in [-0.2, 0) is 17.6 Å². The number of aromatic nitrogens is 2. The van der Waals surface area contributed by atoms with Crippen LogP contribution in [0.4, 0.5) is 5.69 Å². The lowest BCUT2D eigenvalue weighted by Gasteiger charge is -2.20. The summed E-state index contributed by atoms with van der Waals surface area (Å²) in [5.41, 5.74) is 8.02. The van der Waals surface area contributed by atoms with E-state index >= 15 is 0 Å². The van der Waals surface area contributed by atoms with E-state index in [1.165, 1.54) is 107 Å². The van der Waals surface area contributed by atoms with Crippen molar-refractivity contribution in [3.63, 3.8) is 0 Å². The Hall–Kier alpha value is -3.34. The molecule has 2 aromatic heterocycles. The molecule has 250 valence electrons. The van der Waals surface area contributed by atoms with Crippen LogP contribution in [0.5, 0.6) is 0 Å². The fourth-order valence-corrected chi connectivity index (χ4v) is 8.18. The number of aliphatic imine (C=N–C) groups is 1. The molecule has 3 aliphatic rings. The summed E-state index contributed by atoms with van der Waals surface area (Å²) in [6.07, 6.45) is 28.3. The van der Waals surface area contributed by atoms with Crippen LogP contribution in [-0.4, -0.2) is 28.1 Å². The fourth-order valence-electron chi connectivity index (χ4n) is 8.18. The van der Waals surface area contributed by atoms with Crippen LogP contribution in [0.3, 0.4) is 0 Å². The van der Waals surface area contributed by atoms with Gasteiger partial charge in [-0.1, -0.05) is 122 Å². The molecule has 0 bridgehead atoms. The largest absolute Gasteiger partial charge is 0.319 e. The lowest BCUT2D eigenvalue weighted by molar-refractivity contribution is -0.110. The second kappa shape index (κ2) is 16.7. The van der Waals surface area contributed by atoms with Gasteiger partial charge in [-0.2, -0.15) is 0 Å². The Kier molecular flexibility index (Phi) is 11.9. The molecule has 6 rings (SSSR count). The predicted octanol–water partition coefficient (Wildman–Crippen LogP) is 10.5. The SMILES string of the molecule is CC1CN=C(C(=O)Nc2ccc(CC3CCCCCCCC3)nc2)c2cc(-c3cncc(CC4CCCCCCC4)c3)ccc2C1C. The minimum absolute atomic E-state index is 0.160. The van der Waals surface area contributed by atoms with Crippen molar-refractivity contribution < 1.29 is 4.79 Å². The van der Waals surface area contributed by atoms with Crippen molar-refractivity contribution in [1.82, 2.24) is 9.97 Å². The smallest absolute Gasteiger partial charge is 0.274 e. The molecule has 1 N–H and O–H groups in total. The lowest BCUT2D eigenvalue weighted by Crippen LogP contribution is -2.25. The number of rotatable bonds is 7. The van der Waals surface area contributed by atoms with Crippen molar-refractivity contribution in [3.8, 4) is 11.1 Å². The second-order valence-corrected chi connectivity index (χ2v) is 15.0. The van der Waals surface area contributed by atoms with Crippen molar-refractivity contribution in [2.24, 2.45) is 22.7 Å². The highest BCUT2D eigenvalue weighted by Crippen LogP contribution is 2.35. The molecule has 1 aliphatic heterocycles. The molecule has 2 atom stereocenters. The van der Waals surface area contributed by atoms with Gasteiger partial charge in [0, 0.05) is 35.8 Å². The molecule has 5 nitrogen and oxygen atoms in total. The maximum Gasteiger partial charge on any atom is 0.274 e. The Bertz CT molecular complexity index is 1480.